The van der Waals surface area contributed by atoms with E-state index in [0.717, 1.165) is 17.4 Å². The molecule has 0 radical (unpaired) electrons. The summed E-state index contributed by atoms with van der Waals surface area (Å²) in [5.74, 6) is -0.213. The van der Waals surface area contributed by atoms with Crippen LogP contribution in [0.1, 0.15) is 26.7 Å². The molecule has 1 rings (SSSR count). The Balaban J connectivity index is 3.32. The van der Waals surface area contributed by atoms with Gasteiger partial charge in [0.1, 0.15) is 17.5 Å². The molecule has 8 heteroatoms. The summed E-state index contributed by atoms with van der Waals surface area (Å²) in [7, 11) is 2.90. The van der Waals surface area contributed by atoms with Crippen LogP contribution in [0.15, 0.2) is 9.59 Å². The van der Waals surface area contributed by atoms with E-state index in [1.54, 1.807) is 6.92 Å². The zero-order chi connectivity index (χ0) is 16.2. The van der Waals surface area contributed by atoms with E-state index < -0.39 is 17.3 Å². The first-order valence-corrected chi connectivity index (χ1v) is 6.92. The van der Waals surface area contributed by atoms with E-state index in [-0.39, 0.29) is 17.4 Å². The fourth-order valence-electron chi connectivity index (χ4n) is 1.95. The largest absolute Gasteiger partial charge is 0.383 e. The van der Waals surface area contributed by atoms with Crippen molar-refractivity contribution in [1.29, 1.82) is 0 Å². The lowest BCUT2D eigenvalue weighted by atomic mass is 10.3. The summed E-state index contributed by atoms with van der Waals surface area (Å²) >= 11 is 0. The number of carbonyl (C=O) groups is 1. The Morgan fingerprint density at radius 3 is 2.52 bits per heavy atom. The van der Waals surface area contributed by atoms with Crippen molar-refractivity contribution in [3.05, 3.63) is 20.8 Å². The summed E-state index contributed by atoms with van der Waals surface area (Å²) in [6, 6.07) is -0.637. The van der Waals surface area contributed by atoms with Gasteiger partial charge in [0, 0.05) is 20.6 Å². The third-order valence-electron chi connectivity index (χ3n) is 3.32. The van der Waals surface area contributed by atoms with E-state index >= 15 is 0 Å². The van der Waals surface area contributed by atoms with Crippen LogP contribution in [0.25, 0.3) is 0 Å². The Labute approximate surface area is 122 Å². The maximum Gasteiger partial charge on any atom is 0.332 e. The van der Waals surface area contributed by atoms with Crippen molar-refractivity contribution in [2.75, 3.05) is 18.1 Å². The number of nitrogen functional groups attached to an aromatic ring is 1. The van der Waals surface area contributed by atoms with Crippen LogP contribution in [0.3, 0.4) is 0 Å². The summed E-state index contributed by atoms with van der Waals surface area (Å²) in [4.78, 5) is 35.8. The highest BCUT2D eigenvalue weighted by atomic mass is 16.2. The molecule has 4 N–H and O–H groups in total. The first-order valence-electron chi connectivity index (χ1n) is 6.92. The third-order valence-corrected chi connectivity index (χ3v) is 3.32. The minimum Gasteiger partial charge on any atom is -0.383 e. The number of anilines is 2. The molecule has 1 unspecified atom stereocenters. The first kappa shape index (κ1) is 16.8. The van der Waals surface area contributed by atoms with Gasteiger partial charge in [-0.05, 0) is 13.3 Å². The highest BCUT2D eigenvalue weighted by Gasteiger charge is 2.19. The number of nitrogens with zero attached hydrogens (tertiary/aromatic N) is 2. The van der Waals surface area contributed by atoms with Gasteiger partial charge in [-0.1, -0.05) is 13.3 Å². The molecular formula is C13H23N5O3. The first-order chi connectivity index (χ1) is 9.84. The molecule has 1 amide bonds. The minimum absolute atomic E-state index is 0.0623. The SMILES string of the molecule is CCCCn1c(N)c(NC(C)C(=O)NC)c(=O)n(C)c1=O. The average molecular weight is 297 g/mol. The summed E-state index contributed by atoms with van der Waals surface area (Å²) < 4.78 is 2.34. The fraction of sp³-hybridized carbons (Fsp3) is 0.615. The van der Waals surface area contributed by atoms with Crippen LogP contribution in [-0.4, -0.2) is 28.1 Å². The lowest BCUT2D eigenvalue weighted by Crippen LogP contribution is -2.43. The summed E-state index contributed by atoms with van der Waals surface area (Å²) in [5, 5.41) is 5.26. The van der Waals surface area contributed by atoms with E-state index in [2.05, 4.69) is 10.6 Å². The van der Waals surface area contributed by atoms with Gasteiger partial charge in [-0.3, -0.25) is 18.7 Å². The predicted octanol–water partition coefficient (Wildman–Crippen LogP) is -0.524. The summed E-state index contributed by atoms with van der Waals surface area (Å²) in [6.07, 6.45) is 1.67. The molecule has 0 bridgehead atoms. The van der Waals surface area contributed by atoms with Crippen LogP contribution in [0.4, 0.5) is 11.5 Å². The van der Waals surface area contributed by atoms with Crippen LogP contribution in [0.2, 0.25) is 0 Å². The zero-order valence-corrected chi connectivity index (χ0v) is 12.9. The standard InChI is InChI=1S/C13H23N5O3/c1-5-6-7-18-10(14)9(12(20)17(4)13(18)21)16-8(2)11(19)15-3/h8,16H,5-7,14H2,1-4H3,(H,15,19). The molecule has 21 heavy (non-hydrogen) atoms. The van der Waals surface area contributed by atoms with Gasteiger partial charge < -0.3 is 16.4 Å². The smallest absolute Gasteiger partial charge is 0.332 e. The molecule has 1 atom stereocenters. The summed E-state index contributed by atoms with van der Waals surface area (Å²) in [5.41, 5.74) is 5.02. The lowest BCUT2D eigenvalue weighted by molar-refractivity contribution is -0.121. The van der Waals surface area contributed by atoms with E-state index in [4.69, 9.17) is 5.73 Å². The second-order valence-corrected chi connectivity index (χ2v) is 4.89. The van der Waals surface area contributed by atoms with Gasteiger partial charge in [0.15, 0.2) is 0 Å². The highest BCUT2D eigenvalue weighted by molar-refractivity contribution is 5.84. The van der Waals surface area contributed by atoms with Gasteiger partial charge in [0.25, 0.3) is 5.56 Å². The second-order valence-electron chi connectivity index (χ2n) is 4.89. The van der Waals surface area contributed by atoms with Crippen molar-refractivity contribution in [2.45, 2.75) is 39.3 Å². The molecule has 0 aromatic carbocycles. The molecular weight excluding hydrogens is 274 g/mol. The number of hydrogen-bond acceptors (Lipinski definition) is 5. The number of carbonyl (C=O) groups excluding carboxylic acids is 1. The number of nitrogens with one attached hydrogen (secondary N) is 2. The molecule has 0 spiro atoms. The molecule has 0 saturated carbocycles. The molecule has 0 aliphatic carbocycles. The van der Waals surface area contributed by atoms with Crippen molar-refractivity contribution < 1.29 is 4.79 Å². The quantitative estimate of drug-likeness (QED) is 0.654. The van der Waals surface area contributed by atoms with Gasteiger partial charge in [0.05, 0.1) is 0 Å². The highest BCUT2D eigenvalue weighted by Crippen LogP contribution is 2.12. The fourth-order valence-corrected chi connectivity index (χ4v) is 1.95. The van der Waals surface area contributed by atoms with Crippen LogP contribution < -0.4 is 27.6 Å². The Hall–Kier alpha value is -2.25. The number of nitrogens with two attached hydrogens (primary N) is 1. The molecule has 1 heterocycles. The molecule has 1 aromatic heterocycles. The third kappa shape index (κ3) is 3.45. The van der Waals surface area contributed by atoms with Crippen LogP contribution in [0.5, 0.6) is 0 Å². The Bertz CT molecular complexity index is 632. The normalized spacial score (nSPS) is 12.0. The Kier molecular flexibility index (Phi) is 5.57. The van der Waals surface area contributed by atoms with Crippen molar-refractivity contribution in [1.82, 2.24) is 14.5 Å². The minimum atomic E-state index is -0.637. The van der Waals surface area contributed by atoms with Crippen molar-refractivity contribution in [3.63, 3.8) is 0 Å². The van der Waals surface area contributed by atoms with Crippen LogP contribution >= 0.6 is 0 Å². The molecule has 0 saturated heterocycles. The molecule has 8 nitrogen and oxygen atoms in total. The monoisotopic (exact) mass is 297 g/mol. The van der Waals surface area contributed by atoms with Gasteiger partial charge in [-0.25, -0.2) is 4.79 Å². The van der Waals surface area contributed by atoms with E-state index in [9.17, 15) is 14.4 Å². The van der Waals surface area contributed by atoms with E-state index in [0.29, 0.717) is 6.54 Å². The lowest BCUT2D eigenvalue weighted by Gasteiger charge is -2.18. The number of hydrogen-bond donors (Lipinski definition) is 3. The van der Waals surface area contributed by atoms with Crippen molar-refractivity contribution >= 4 is 17.4 Å². The zero-order valence-electron chi connectivity index (χ0n) is 12.9. The topological polar surface area (TPSA) is 111 Å². The Morgan fingerprint density at radius 1 is 1.38 bits per heavy atom. The van der Waals surface area contributed by atoms with Gasteiger partial charge in [-0.2, -0.15) is 0 Å². The number of amides is 1. The number of rotatable bonds is 6. The molecule has 1 aromatic rings. The Morgan fingerprint density at radius 2 is 2.00 bits per heavy atom. The van der Waals surface area contributed by atoms with E-state index in [1.165, 1.54) is 18.7 Å². The van der Waals surface area contributed by atoms with Crippen molar-refractivity contribution in [2.24, 2.45) is 7.05 Å². The average Bonchev–Trinajstić information content (AvgIpc) is 2.48. The predicted molar refractivity (Wildman–Crippen MR) is 82.4 cm³/mol. The summed E-state index contributed by atoms with van der Waals surface area (Å²) in [6.45, 7) is 4.04. The molecule has 0 fully saturated rings. The van der Waals surface area contributed by atoms with Crippen molar-refractivity contribution in [3.8, 4) is 0 Å². The van der Waals surface area contributed by atoms with Gasteiger partial charge >= 0.3 is 5.69 Å². The molecule has 0 aliphatic rings. The maximum absolute atomic E-state index is 12.2. The van der Waals surface area contributed by atoms with Crippen LogP contribution in [0, 0.1) is 0 Å². The van der Waals surface area contributed by atoms with Gasteiger partial charge in [-0.15, -0.1) is 0 Å². The number of unbranched alkanes of at least 4 members (excludes halogenated alkanes) is 1. The molecule has 118 valence electrons. The van der Waals surface area contributed by atoms with E-state index in [1.807, 2.05) is 6.92 Å². The maximum atomic E-state index is 12.2. The number of aromatic nitrogens is 2. The second kappa shape index (κ2) is 6.96. The number of likely N-dealkylation sites (N-methyl/N-ethyl adjacent to an activating group) is 1. The van der Waals surface area contributed by atoms with Gasteiger partial charge in [0.2, 0.25) is 5.91 Å². The van der Waals surface area contributed by atoms with Crippen LogP contribution in [-0.2, 0) is 18.4 Å². The molecule has 0 aliphatic heterocycles.